The SMILES string of the molecule is CC(C)Cn1ccnc(N2CCCCCC2CBr)c1=O. The Morgan fingerprint density at radius 3 is 2.90 bits per heavy atom. The van der Waals surface area contributed by atoms with Crippen molar-refractivity contribution in [3.05, 3.63) is 22.7 Å². The van der Waals surface area contributed by atoms with Crippen molar-refractivity contribution in [1.82, 2.24) is 9.55 Å². The average Bonchev–Trinajstić information content (AvgIpc) is 2.65. The maximum Gasteiger partial charge on any atom is 0.293 e. The highest BCUT2D eigenvalue weighted by molar-refractivity contribution is 9.09. The molecule has 4 nitrogen and oxygen atoms in total. The number of alkyl halides is 1. The third-order valence-corrected chi connectivity index (χ3v) is 4.53. The molecule has 0 amide bonds. The zero-order valence-corrected chi connectivity index (χ0v) is 14.0. The van der Waals surface area contributed by atoms with Gasteiger partial charge in [0.1, 0.15) is 0 Å². The van der Waals surface area contributed by atoms with Crippen LogP contribution in [0.15, 0.2) is 17.2 Å². The minimum Gasteiger partial charge on any atom is -0.348 e. The summed E-state index contributed by atoms with van der Waals surface area (Å²) in [6.45, 7) is 5.94. The van der Waals surface area contributed by atoms with Crippen LogP contribution in [-0.2, 0) is 6.54 Å². The molecule has 0 N–H and O–H groups in total. The molecule has 0 bridgehead atoms. The van der Waals surface area contributed by atoms with Crippen LogP contribution in [0.1, 0.15) is 39.5 Å². The van der Waals surface area contributed by atoms with E-state index in [2.05, 4.69) is 39.7 Å². The minimum atomic E-state index is 0.0500. The average molecular weight is 342 g/mol. The molecule has 1 atom stereocenters. The van der Waals surface area contributed by atoms with E-state index in [0.717, 1.165) is 31.3 Å². The van der Waals surface area contributed by atoms with Crippen LogP contribution in [0.3, 0.4) is 0 Å². The van der Waals surface area contributed by atoms with Gasteiger partial charge in [-0.3, -0.25) is 4.79 Å². The fourth-order valence-corrected chi connectivity index (χ4v) is 3.46. The summed E-state index contributed by atoms with van der Waals surface area (Å²) < 4.78 is 1.79. The smallest absolute Gasteiger partial charge is 0.293 e. The standard InChI is InChI=1S/C15H24BrN3O/c1-12(2)11-18-9-7-17-14(15(18)20)19-8-5-3-4-6-13(19)10-16/h7,9,12-13H,3-6,8,10-11H2,1-2H3. The molecule has 0 aromatic carbocycles. The van der Waals surface area contributed by atoms with Gasteiger partial charge in [0.2, 0.25) is 0 Å². The lowest BCUT2D eigenvalue weighted by molar-refractivity contribution is 0.506. The van der Waals surface area contributed by atoms with Crippen LogP contribution in [0.4, 0.5) is 5.82 Å². The van der Waals surface area contributed by atoms with Crippen molar-refractivity contribution in [2.45, 2.75) is 52.1 Å². The number of anilines is 1. The van der Waals surface area contributed by atoms with E-state index in [1.807, 2.05) is 0 Å². The second kappa shape index (κ2) is 7.25. The van der Waals surface area contributed by atoms with Gasteiger partial charge in [-0.15, -0.1) is 0 Å². The van der Waals surface area contributed by atoms with Gasteiger partial charge in [0.05, 0.1) is 0 Å². The zero-order valence-electron chi connectivity index (χ0n) is 12.4. The van der Waals surface area contributed by atoms with Gasteiger partial charge in [-0.2, -0.15) is 0 Å². The number of hydrogen-bond acceptors (Lipinski definition) is 3. The predicted molar refractivity (Wildman–Crippen MR) is 86.7 cm³/mol. The first-order valence-electron chi connectivity index (χ1n) is 7.51. The second-order valence-corrected chi connectivity index (χ2v) is 6.60. The van der Waals surface area contributed by atoms with Crippen LogP contribution < -0.4 is 10.5 Å². The van der Waals surface area contributed by atoms with Crippen LogP contribution in [0.2, 0.25) is 0 Å². The molecule has 1 unspecified atom stereocenters. The third-order valence-electron chi connectivity index (χ3n) is 3.78. The van der Waals surface area contributed by atoms with Crippen molar-refractivity contribution in [2.75, 3.05) is 16.8 Å². The zero-order chi connectivity index (χ0) is 14.5. The van der Waals surface area contributed by atoms with Gasteiger partial charge in [0.25, 0.3) is 5.56 Å². The molecule has 0 aliphatic carbocycles. The summed E-state index contributed by atoms with van der Waals surface area (Å²) in [5, 5.41) is 0.896. The molecule has 1 aliphatic heterocycles. The lowest BCUT2D eigenvalue weighted by Crippen LogP contribution is -2.41. The summed E-state index contributed by atoms with van der Waals surface area (Å²) in [4.78, 5) is 19.2. The fraction of sp³-hybridized carbons (Fsp3) is 0.733. The fourth-order valence-electron chi connectivity index (χ4n) is 2.79. The van der Waals surface area contributed by atoms with Crippen molar-refractivity contribution in [3.8, 4) is 0 Å². The number of halogens is 1. The quantitative estimate of drug-likeness (QED) is 0.790. The van der Waals surface area contributed by atoms with Gasteiger partial charge in [0.15, 0.2) is 5.82 Å². The molecule has 1 aromatic rings. The highest BCUT2D eigenvalue weighted by Gasteiger charge is 2.24. The molecule has 2 heterocycles. The molecule has 0 spiro atoms. The first-order chi connectivity index (χ1) is 9.63. The van der Waals surface area contributed by atoms with Crippen molar-refractivity contribution in [3.63, 3.8) is 0 Å². The summed E-state index contributed by atoms with van der Waals surface area (Å²) in [6, 6.07) is 0.382. The van der Waals surface area contributed by atoms with Crippen molar-refractivity contribution >= 4 is 21.7 Å². The number of nitrogens with zero attached hydrogens (tertiary/aromatic N) is 3. The molecule has 1 aliphatic rings. The molecule has 2 rings (SSSR count). The normalized spacial score (nSPS) is 20.2. The van der Waals surface area contributed by atoms with Gasteiger partial charge in [0, 0.05) is 36.9 Å². The summed E-state index contributed by atoms with van der Waals surface area (Å²) in [6.07, 6.45) is 8.31. The van der Waals surface area contributed by atoms with E-state index in [1.54, 1.807) is 17.0 Å². The van der Waals surface area contributed by atoms with E-state index in [0.29, 0.717) is 17.8 Å². The Hall–Kier alpha value is -0.840. The summed E-state index contributed by atoms with van der Waals surface area (Å²) >= 11 is 3.59. The van der Waals surface area contributed by atoms with Crippen LogP contribution in [-0.4, -0.2) is 27.5 Å². The predicted octanol–water partition coefficient (Wildman–Crippen LogP) is 3.04. The van der Waals surface area contributed by atoms with E-state index in [4.69, 9.17) is 0 Å². The molecule has 1 fully saturated rings. The Bertz CT molecular complexity index is 486. The molecule has 0 radical (unpaired) electrons. The largest absolute Gasteiger partial charge is 0.348 e. The third kappa shape index (κ3) is 3.62. The Kier molecular flexibility index (Phi) is 5.64. The monoisotopic (exact) mass is 341 g/mol. The van der Waals surface area contributed by atoms with Crippen molar-refractivity contribution in [1.29, 1.82) is 0 Å². The lowest BCUT2D eigenvalue weighted by atomic mass is 10.1. The Balaban J connectivity index is 2.32. The second-order valence-electron chi connectivity index (χ2n) is 5.95. The molecule has 0 saturated carbocycles. The maximum absolute atomic E-state index is 12.6. The van der Waals surface area contributed by atoms with Crippen molar-refractivity contribution < 1.29 is 0 Å². The lowest BCUT2D eigenvalue weighted by Gasteiger charge is -2.29. The highest BCUT2D eigenvalue weighted by atomic mass is 79.9. The van der Waals surface area contributed by atoms with Gasteiger partial charge in [-0.05, 0) is 18.8 Å². The molecule has 5 heteroatoms. The van der Waals surface area contributed by atoms with E-state index in [-0.39, 0.29) is 5.56 Å². The maximum atomic E-state index is 12.6. The molecular weight excluding hydrogens is 318 g/mol. The van der Waals surface area contributed by atoms with Gasteiger partial charge < -0.3 is 9.47 Å². The molecule has 1 aromatic heterocycles. The topological polar surface area (TPSA) is 38.1 Å². The van der Waals surface area contributed by atoms with Gasteiger partial charge in [-0.1, -0.05) is 42.6 Å². The number of aromatic nitrogens is 2. The number of hydrogen-bond donors (Lipinski definition) is 0. The number of rotatable bonds is 4. The van der Waals surface area contributed by atoms with Crippen LogP contribution in [0.5, 0.6) is 0 Å². The van der Waals surface area contributed by atoms with Gasteiger partial charge in [-0.25, -0.2) is 4.98 Å². The van der Waals surface area contributed by atoms with Crippen LogP contribution in [0.25, 0.3) is 0 Å². The Morgan fingerprint density at radius 1 is 1.40 bits per heavy atom. The first-order valence-corrected chi connectivity index (χ1v) is 8.63. The Morgan fingerprint density at radius 2 is 2.20 bits per heavy atom. The minimum absolute atomic E-state index is 0.0500. The molecular formula is C15H24BrN3O. The van der Waals surface area contributed by atoms with Crippen LogP contribution >= 0.6 is 15.9 Å². The van der Waals surface area contributed by atoms with Gasteiger partial charge >= 0.3 is 0 Å². The molecule has 1 saturated heterocycles. The summed E-state index contributed by atoms with van der Waals surface area (Å²) in [7, 11) is 0. The van der Waals surface area contributed by atoms with E-state index in [9.17, 15) is 4.79 Å². The van der Waals surface area contributed by atoms with Crippen LogP contribution in [0, 0.1) is 5.92 Å². The molecule has 112 valence electrons. The van der Waals surface area contributed by atoms with Crippen molar-refractivity contribution in [2.24, 2.45) is 5.92 Å². The summed E-state index contributed by atoms with van der Waals surface area (Å²) in [5.74, 6) is 1.08. The molecule has 20 heavy (non-hydrogen) atoms. The highest BCUT2D eigenvalue weighted by Crippen LogP contribution is 2.21. The van der Waals surface area contributed by atoms with E-state index >= 15 is 0 Å². The Labute approximate surface area is 129 Å². The van der Waals surface area contributed by atoms with E-state index < -0.39 is 0 Å². The van der Waals surface area contributed by atoms with E-state index in [1.165, 1.54) is 12.8 Å². The first kappa shape index (κ1) is 15.5. The summed E-state index contributed by atoms with van der Waals surface area (Å²) in [5.41, 5.74) is 0.0500.